The maximum atomic E-state index is 12.5. The molecule has 0 spiro atoms. The van der Waals surface area contributed by atoms with E-state index in [9.17, 15) is 13.2 Å². The summed E-state index contributed by atoms with van der Waals surface area (Å²) in [7, 11) is -2.07. The van der Waals surface area contributed by atoms with E-state index in [2.05, 4.69) is 5.32 Å². The van der Waals surface area contributed by atoms with Crippen molar-refractivity contribution in [3.05, 3.63) is 17.0 Å². The van der Waals surface area contributed by atoms with E-state index < -0.39 is 10.0 Å². The molecule has 0 fully saturated rings. The Morgan fingerprint density at radius 1 is 1.37 bits per heavy atom. The van der Waals surface area contributed by atoms with Crippen molar-refractivity contribution in [2.24, 2.45) is 0 Å². The molecule has 0 aliphatic heterocycles. The van der Waals surface area contributed by atoms with Crippen molar-refractivity contribution in [2.75, 3.05) is 20.1 Å². The molecule has 1 aromatic rings. The number of nitrogens with one attached hydrogen (secondary N) is 1. The quantitative estimate of drug-likeness (QED) is 0.829. The van der Waals surface area contributed by atoms with Crippen molar-refractivity contribution in [1.82, 2.24) is 9.62 Å². The first-order chi connectivity index (χ1) is 8.95. The van der Waals surface area contributed by atoms with E-state index in [0.717, 1.165) is 11.3 Å². The second kappa shape index (κ2) is 7.02. The number of amides is 1. The van der Waals surface area contributed by atoms with Crippen LogP contribution >= 0.6 is 11.3 Å². The fourth-order valence-corrected chi connectivity index (χ4v) is 4.53. The van der Waals surface area contributed by atoms with Crippen molar-refractivity contribution < 1.29 is 13.2 Å². The molecule has 0 saturated heterocycles. The summed E-state index contributed by atoms with van der Waals surface area (Å²) in [5.41, 5.74) is 0. The first kappa shape index (κ1) is 16.1. The summed E-state index contributed by atoms with van der Waals surface area (Å²) in [6, 6.07) is 3.44. The van der Waals surface area contributed by atoms with E-state index in [1.807, 2.05) is 19.9 Å². The monoisotopic (exact) mass is 304 g/mol. The van der Waals surface area contributed by atoms with Crippen LogP contribution in [0.1, 0.15) is 25.1 Å². The number of likely N-dealkylation sites (N-methyl/N-ethyl adjacent to an activating group) is 1. The number of nitrogens with zero attached hydrogens (tertiary/aromatic N) is 1. The van der Waals surface area contributed by atoms with Gasteiger partial charge in [-0.1, -0.05) is 13.8 Å². The van der Waals surface area contributed by atoms with Gasteiger partial charge in [0.05, 0.1) is 6.54 Å². The second-order valence-corrected chi connectivity index (χ2v) is 7.42. The lowest BCUT2D eigenvalue weighted by Crippen LogP contribution is -2.39. The van der Waals surface area contributed by atoms with E-state index in [1.165, 1.54) is 22.7 Å². The summed E-state index contributed by atoms with van der Waals surface area (Å²) in [6.07, 6.45) is 1.48. The third-order valence-corrected chi connectivity index (χ3v) is 6.19. The molecule has 0 radical (unpaired) electrons. The lowest BCUT2D eigenvalue weighted by atomic mass is 10.4. The van der Waals surface area contributed by atoms with E-state index in [1.54, 1.807) is 6.07 Å². The number of hydrogen-bond donors (Lipinski definition) is 1. The van der Waals surface area contributed by atoms with Crippen molar-refractivity contribution in [2.45, 2.75) is 30.9 Å². The van der Waals surface area contributed by atoms with Crippen molar-refractivity contribution in [3.8, 4) is 0 Å². The van der Waals surface area contributed by atoms with Crippen LogP contribution in [-0.4, -0.2) is 38.8 Å². The Morgan fingerprint density at radius 2 is 2.05 bits per heavy atom. The third kappa shape index (κ3) is 4.02. The molecule has 0 aliphatic carbocycles. The van der Waals surface area contributed by atoms with Gasteiger partial charge in [-0.15, -0.1) is 11.3 Å². The lowest BCUT2D eigenvalue weighted by molar-refractivity contribution is -0.120. The number of carbonyl (C=O) groups is 1. The fraction of sp³-hybridized carbons (Fsp3) is 0.583. The maximum absolute atomic E-state index is 12.5. The number of rotatable bonds is 7. The zero-order chi connectivity index (χ0) is 14.5. The average molecular weight is 304 g/mol. The summed E-state index contributed by atoms with van der Waals surface area (Å²) in [5.74, 6) is -0.302. The Labute approximate surface area is 118 Å². The molecule has 1 amide bonds. The molecular formula is C12H20N2O3S2. The lowest BCUT2D eigenvalue weighted by Gasteiger charge is -2.19. The highest BCUT2D eigenvalue weighted by Gasteiger charge is 2.27. The van der Waals surface area contributed by atoms with E-state index in [4.69, 9.17) is 0 Å². The molecule has 1 aromatic heterocycles. The van der Waals surface area contributed by atoms with Crippen LogP contribution in [0, 0.1) is 0 Å². The van der Waals surface area contributed by atoms with Crippen molar-refractivity contribution in [3.63, 3.8) is 0 Å². The van der Waals surface area contributed by atoms with Crippen LogP contribution in [0.5, 0.6) is 0 Å². The molecule has 5 nitrogen and oxygen atoms in total. The largest absolute Gasteiger partial charge is 0.358 e. The zero-order valence-corrected chi connectivity index (χ0v) is 13.1. The van der Waals surface area contributed by atoms with Gasteiger partial charge in [-0.3, -0.25) is 4.79 Å². The molecule has 7 heteroatoms. The molecule has 19 heavy (non-hydrogen) atoms. The number of carbonyl (C=O) groups excluding carboxylic acids is 1. The van der Waals surface area contributed by atoms with E-state index in [-0.39, 0.29) is 12.5 Å². The molecule has 1 N–H and O–H groups in total. The number of hydrogen-bond acceptors (Lipinski definition) is 4. The van der Waals surface area contributed by atoms with Crippen LogP contribution in [-0.2, 0) is 21.2 Å². The normalized spacial score (nSPS) is 11.8. The van der Waals surface area contributed by atoms with Crippen molar-refractivity contribution >= 4 is 27.3 Å². The van der Waals surface area contributed by atoms with Gasteiger partial charge in [-0.25, -0.2) is 8.42 Å². The molecule has 0 unspecified atom stereocenters. The predicted molar refractivity (Wildman–Crippen MR) is 76.8 cm³/mol. The molecule has 108 valence electrons. The third-order valence-electron chi connectivity index (χ3n) is 2.65. The van der Waals surface area contributed by atoms with Gasteiger partial charge in [0, 0.05) is 18.5 Å². The first-order valence-electron chi connectivity index (χ1n) is 6.25. The molecular weight excluding hydrogens is 284 g/mol. The van der Waals surface area contributed by atoms with Gasteiger partial charge in [-0.05, 0) is 25.0 Å². The Kier molecular flexibility index (Phi) is 5.96. The molecule has 0 bridgehead atoms. The summed E-state index contributed by atoms with van der Waals surface area (Å²) in [5, 5.41) is 2.45. The predicted octanol–water partition coefficient (Wildman–Crippen LogP) is 1.46. The molecule has 0 atom stereocenters. The fourth-order valence-electron chi connectivity index (χ4n) is 1.59. The van der Waals surface area contributed by atoms with Gasteiger partial charge in [0.1, 0.15) is 4.21 Å². The topological polar surface area (TPSA) is 66.5 Å². The highest BCUT2D eigenvalue weighted by molar-refractivity contribution is 7.91. The van der Waals surface area contributed by atoms with Crippen molar-refractivity contribution in [1.29, 1.82) is 0 Å². The summed E-state index contributed by atoms with van der Waals surface area (Å²) in [6.45, 7) is 4.08. The van der Waals surface area contributed by atoms with Crippen LogP contribution in [0.25, 0.3) is 0 Å². The Morgan fingerprint density at radius 3 is 2.53 bits per heavy atom. The van der Waals surface area contributed by atoms with Crippen LogP contribution in [0.4, 0.5) is 0 Å². The average Bonchev–Trinajstić information content (AvgIpc) is 2.87. The number of sulfonamides is 1. The van der Waals surface area contributed by atoms with Crippen LogP contribution in [0.2, 0.25) is 0 Å². The minimum Gasteiger partial charge on any atom is -0.358 e. The number of thiophene rings is 1. The molecule has 0 aromatic carbocycles. The van der Waals surface area contributed by atoms with Gasteiger partial charge in [-0.2, -0.15) is 4.31 Å². The van der Waals surface area contributed by atoms with Gasteiger partial charge in [0.25, 0.3) is 10.0 Å². The molecule has 0 aliphatic rings. The smallest absolute Gasteiger partial charge is 0.253 e. The Balaban J connectivity index is 3.01. The highest BCUT2D eigenvalue weighted by atomic mass is 32.2. The SMILES string of the molecule is CCCN(CC(=O)NC)S(=O)(=O)c1ccc(CC)s1. The first-order valence-corrected chi connectivity index (χ1v) is 8.50. The van der Waals surface area contributed by atoms with Gasteiger partial charge in [0.15, 0.2) is 0 Å². The van der Waals surface area contributed by atoms with Crippen LogP contribution in [0.3, 0.4) is 0 Å². The van der Waals surface area contributed by atoms with Gasteiger partial charge < -0.3 is 5.32 Å². The number of aryl methyl sites for hydroxylation is 1. The molecule has 1 rings (SSSR count). The molecule has 0 saturated carbocycles. The standard InChI is InChI=1S/C12H20N2O3S2/c1-4-8-14(9-11(15)13-3)19(16,17)12-7-6-10(5-2)18-12/h6-7H,4-5,8-9H2,1-3H3,(H,13,15). The van der Waals surface area contributed by atoms with E-state index in [0.29, 0.717) is 17.2 Å². The second-order valence-electron chi connectivity index (χ2n) is 4.09. The minimum absolute atomic E-state index is 0.133. The Bertz CT molecular complexity index is 523. The zero-order valence-electron chi connectivity index (χ0n) is 11.5. The Hall–Kier alpha value is -0.920. The summed E-state index contributed by atoms with van der Waals surface area (Å²) >= 11 is 1.27. The van der Waals surface area contributed by atoms with Gasteiger partial charge in [0.2, 0.25) is 5.91 Å². The summed E-state index contributed by atoms with van der Waals surface area (Å²) in [4.78, 5) is 12.4. The maximum Gasteiger partial charge on any atom is 0.253 e. The van der Waals surface area contributed by atoms with Crippen LogP contribution in [0.15, 0.2) is 16.3 Å². The van der Waals surface area contributed by atoms with Crippen LogP contribution < -0.4 is 5.32 Å². The highest BCUT2D eigenvalue weighted by Crippen LogP contribution is 2.25. The minimum atomic E-state index is -3.57. The van der Waals surface area contributed by atoms with Gasteiger partial charge >= 0.3 is 0 Å². The van der Waals surface area contributed by atoms with E-state index >= 15 is 0 Å². The molecule has 1 heterocycles. The summed E-state index contributed by atoms with van der Waals surface area (Å²) < 4.78 is 26.5.